The molecular weight excluding hydrogens is 287 g/mol. The summed E-state index contributed by atoms with van der Waals surface area (Å²) in [6, 6.07) is 11.4. The predicted octanol–water partition coefficient (Wildman–Crippen LogP) is 5.07. The highest BCUT2D eigenvalue weighted by Crippen LogP contribution is 2.25. The number of hydrogen-bond donors (Lipinski definition) is 1. The maximum absolute atomic E-state index is 13.0. The van der Waals surface area contributed by atoms with Crippen LogP contribution in [-0.2, 0) is 0 Å². The van der Waals surface area contributed by atoms with Gasteiger partial charge in [-0.15, -0.1) is 0 Å². The van der Waals surface area contributed by atoms with Crippen LogP contribution in [-0.4, -0.2) is 4.98 Å². The van der Waals surface area contributed by atoms with Crippen LogP contribution in [0.25, 0.3) is 0 Å². The largest absolute Gasteiger partial charge is 0.302 e. The van der Waals surface area contributed by atoms with E-state index in [9.17, 15) is 4.39 Å². The number of hydrogen-bond acceptors (Lipinski definition) is 2. The summed E-state index contributed by atoms with van der Waals surface area (Å²) in [5, 5.41) is 4.33. The van der Waals surface area contributed by atoms with Crippen LogP contribution in [0.5, 0.6) is 0 Å². The summed E-state index contributed by atoms with van der Waals surface area (Å²) < 4.78 is 13.0. The van der Waals surface area contributed by atoms with Gasteiger partial charge >= 0.3 is 0 Å². The van der Waals surface area contributed by atoms with Crippen LogP contribution < -0.4 is 5.32 Å². The molecule has 0 saturated heterocycles. The fourth-order valence-electron chi connectivity index (χ4n) is 2.42. The van der Waals surface area contributed by atoms with Crippen LogP contribution in [0.1, 0.15) is 50.0 Å². The molecule has 1 heterocycles. The summed E-state index contributed by atoms with van der Waals surface area (Å²) in [5.41, 5.74) is 2.02. The van der Waals surface area contributed by atoms with E-state index in [2.05, 4.69) is 30.2 Å². The average Bonchev–Trinajstić information content (AvgIpc) is 2.50. The second-order valence-corrected chi connectivity index (χ2v) is 5.48. The van der Waals surface area contributed by atoms with E-state index < -0.39 is 0 Å². The van der Waals surface area contributed by atoms with Gasteiger partial charge in [0.15, 0.2) is 0 Å². The Hall–Kier alpha value is -1.45. The Morgan fingerprint density at radius 1 is 1.14 bits per heavy atom. The molecule has 2 unspecified atom stereocenters. The molecule has 0 amide bonds. The number of rotatable bonds is 6. The summed E-state index contributed by atoms with van der Waals surface area (Å²) in [4.78, 5) is 4.18. The quantitative estimate of drug-likeness (QED) is 0.806. The van der Waals surface area contributed by atoms with Crippen LogP contribution in [0.4, 0.5) is 4.39 Å². The molecule has 2 atom stereocenters. The van der Waals surface area contributed by atoms with Gasteiger partial charge in [0.05, 0.1) is 11.9 Å². The molecule has 21 heavy (non-hydrogen) atoms. The summed E-state index contributed by atoms with van der Waals surface area (Å²) >= 11 is 6.07. The standard InChI is InChI=1S/C17H20ClFN2/c1-3-15(12-6-5-7-13(18)10-12)21-16(4-2)17-9-8-14(19)11-20-17/h5-11,15-16,21H,3-4H2,1-2H3. The van der Waals surface area contributed by atoms with Crippen LogP contribution in [0.15, 0.2) is 42.6 Å². The number of benzene rings is 1. The summed E-state index contributed by atoms with van der Waals surface area (Å²) in [5.74, 6) is -0.310. The Bertz CT molecular complexity index is 571. The molecule has 0 radical (unpaired) electrons. The smallest absolute Gasteiger partial charge is 0.141 e. The summed E-state index contributed by atoms with van der Waals surface area (Å²) in [6.45, 7) is 4.22. The SMILES string of the molecule is CCC(NC(CC)c1ccc(F)cn1)c1cccc(Cl)c1. The van der Waals surface area contributed by atoms with Gasteiger partial charge in [-0.3, -0.25) is 4.98 Å². The molecule has 0 aliphatic heterocycles. The van der Waals surface area contributed by atoms with E-state index in [1.807, 2.05) is 18.2 Å². The maximum Gasteiger partial charge on any atom is 0.141 e. The number of pyridine rings is 1. The van der Waals surface area contributed by atoms with Gasteiger partial charge in [0.1, 0.15) is 5.82 Å². The first-order valence-corrected chi connectivity index (χ1v) is 7.64. The summed E-state index contributed by atoms with van der Waals surface area (Å²) in [7, 11) is 0. The topological polar surface area (TPSA) is 24.9 Å². The van der Waals surface area contributed by atoms with E-state index in [4.69, 9.17) is 11.6 Å². The van der Waals surface area contributed by atoms with E-state index in [1.54, 1.807) is 6.07 Å². The van der Waals surface area contributed by atoms with Crippen molar-refractivity contribution in [3.05, 3.63) is 64.7 Å². The van der Waals surface area contributed by atoms with Crippen molar-refractivity contribution in [1.82, 2.24) is 10.3 Å². The lowest BCUT2D eigenvalue weighted by molar-refractivity contribution is 0.418. The van der Waals surface area contributed by atoms with Gasteiger partial charge in [0.25, 0.3) is 0 Å². The average molecular weight is 307 g/mol. The summed E-state index contributed by atoms with van der Waals surface area (Å²) in [6.07, 6.45) is 3.09. The Morgan fingerprint density at radius 2 is 1.90 bits per heavy atom. The van der Waals surface area contributed by atoms with E-state index >= 15 is 0 Å². The molecule has 0 aliphatic carbocycles. The minimum atomic E-state index is -0.310. The molecule has 1 N–H and O–H groups in total. The molecule has 2 rings (SSSR count). The second kappa shape index (κ2) is 7.53. The molecule has 4 heteroatoms. The van der Waals surface area contributed by atoms with Gasteiger partial charge in [-0.2, -0.15) is 0 Å². The van der Waals surface area contributed by atoms with Crippen molar-refractivity contribution in [3.8, 4) is 0 Å². The molecule has 0 aliphatic rings. The third-order valence-corrected chi connectivity index (χ3v) is 3.81. The van der Waals surface area contributed by atoms with Gasteiger partial charge in [0.2, 0.25) is 0 Å². The van der Waals surface area contributed by atoms with Crippen LogP contribution in [0.3, 0.4) is 0 Å². The Kier molecular flexibility index (Phi) is 5.71. The van der Waals surface area contributed by atoms with Gasteiger partial charge in [-0.05, 0) is 42.7 Å². The lowest BCUT2D eigenvalue weighted by Crippen LogP contribution is -2.26. The fraction of sp³-hybridized carbons (Fsp3) is 0.353. The molecule has 2 aromatic rings. The minimum absolute atomic E-state index is 0.0922. The van der Waals surface area contributed by atoms with Crippen molar-refractivity contribution in [2.24, 2.45) is 0 Å². The molecule has 1 aromatic carbocycles. The van der Waals surface area contributed by atoms with Gasteiger partial charge in [-0.1, -0.05) is 37.6 Å². The molecule has 0 fully saturated rings. The number of nitrogens with one attached hydrogen (secondary N) is 1. The monoisotopic (exact) mass is 306 g/mol. The molecule has 0 saturated carbocycles. The lowest BCUT2D eigenvalue weighted by atomic mass is 10.0. The van der Waals surface area contributed by atoms with Crippen molar-refractivity contribution in [3.63, 3.8) is 0 Å². The van der Waals surface area contributed by atoms with Gasteiger partial charge < -0.3 is 5.32 Å². The normalized spacial score (nSPS) is 13.9. The van der Waals surface area contributed by atoms with Crippen molar-refractivity contribution in [2.45, 2.75) is 38.8 Å². The third-order valence-electron chi connectivity index (χ3n) is 3.58. The maximum atomic E-state index is 13.0. The highest BCUT2D eigenvalue weighted by atomic mass is 35.5. The molecule has 0 spiro atoms. The van der Waals surface area contributed by atoms with Crippen molar-refractivity contribution < 1.29 is 4.39 Å². The first-order valence-electron chi connectivity index (χ1n) is 7.27. The predicted molar refractivity (Wildman–Crippen MR) is 84.8 cm³/mol. The van der Waals surface area contributed by atoms with Crippen molar-refractivity contribution in [2.75, 3.05) is 0 Å². The number of halogens is 2. The van der Waals surface area contributed by atoms with Crippen LogP contribution >= 0.6 is 11.6 Å². The van der Waals surface area contributed by atoms with E-state index in [0.29, 0.717) is 0 Å². The van der Waals surface area contributed by atoms with E-state index in [1.165, 1.54) is 12.3 Å². The van der Waals surface area contributed by atoms with Gasteiger partial charge in [-0.25, -0.2) is 4.39 Å². The first kappa shape index (κ1) is 15.9. The fourth-order valence-corrected chi connectivity index (χ4v) is 2.62. The highest BCUT2D eigenvalue weighted by Gasteiger charge is 2.17. The molecule has 112 valence electrons. The molecular formula is C17H20ClFN2. The zero-order chi connectivity index (χ0) is 15.2. The molecule has 1 aromatic heterocycles. The third kappa shape index (κ3) is 4.26. The Balaban J connectivity index is 2.17. The van der Waals surface area contributed by atoms with Crippen molar-refractivity contribution in [1.29, 1.82) is 0 Å². The van der Waals surface area contributed by atoms with E-state index in [0.717, 1.165) is 29.1 Å². The number of nitrogens with zero attached hydrogens (tertiary/aromatic N) is 1. The Labute approximate surface area is 130 Å². The zero-order valence-electron chi connectivity index (χ0n) is 12.3. The zero-order valence-corrected chi connectivity index (χ0v) is 13.1. The molecule has 2 nitrogen and oxygen atoms in total. The van der Waals surface area contributed by atoms with Crippen LogP contribution in [0.2, 0.25) is 5.02 Å². The first-order chi connectivity index (χ1) is 10.1. The highest BCUT2D eigenvalue weighted by molar-refractivity contribution is 6.30. The number of aromatic nitrogens is 1. The Morgan fingerprint density at radius 3 is 2.48 bits per heavy atom. The second-order valence-electron chi connectivity index (χ2n) is 5.04. The minimum Gasteiger partial charge on any atom is -0.302 e. The lowest BCUT2D eigenvalue weighted by Gasteiger charge is -2.24. The van der Waals surface area contributed by atoms with Crippen LogP contribution in [0, 0.1) is 5.82 Å². The van der Waals surface area contributed by atoms with E-state index in [-0.39, 0.29) is 17.9 Å². The molecule has 0 bridgehead atoms. The van der Waals surface area contributed by atoms with Gasteiger partial charge in [0, 0.05) is 17.1 Å². The van der Waals surface area contributed by atoms with Crippen molar-refractivity contribution >= 4 is 11.6 Å².